The molecule has 1 N–H and O–H groups in total. The van der Waals surface area contributed by atoms with E-state index >= 15 is 0 Å². The van der Waals surface area contributed by atoms with Crippen molar-refractivity contribution in [3.8, 4) is 0 Å². The van der Waals surface area contributed by atoms with Crippen LogP contribution in [0.1, 0.15) is 42.4 Å². The van der Waals surface area contributed by atoms with E-state index in [0.29, 0.717) is 11.4 Å². The van der Waals surface area contributed by atoms with Crippen LogP contribution in [0.25, 0.3) is 11.0 Å². The lowest BCUT2D eigenvalue weighted by Gasteiger charge is -2.33. The van der Waals surface area contributed by atoms with E-state index in [1.54, 1.807) is 18.3 Å². The summed E-state index contributed by atoms with van der Waals surface area (Å²) in [4.78, 5) is 36.0. The van der Waals surface area contributed by atoms with E-state index in [-0.39, 0.29) is 30.9 Å². The summed E-state index contributed by atoms with van der Waals surface area (Å²) >= 11 is 0. The number of carbonyl (C=O) groups excluding carboxylic acids is 2. The Morgan fingerprint density at radius 1 is 1.17 bits per heavy atom. The van der Waals surface area contributed by atoms with E-state index in [1.165, 1.54) is 12.6 Å². The first-order valence-electron chi connectivity index (χ1n) is 10.1. The third-order valence-electron chi connectivity index (χ3n) is 5.48. The summed E-state index contributed by atoms with van der Waals surface area (Å²) in [6, 6.07) is 11.4. The third kappa shape index (κ3) is 4.13. The van der Waals surface area contributed by atoms with Gasteiger partial charge in [0.05, 0.1) is 23.1 Å². The van der Waals surface area contributed by atoms with Crippen molar-refractivity contribution in [3.05, 3.63) is 60.2 Å². The average molecular weight is 391 g/mol. The number of para-hydroxylation sites is 2. The number of hydrogen-bond donors (Lipinski definition) is 1. The number of pyridine rings is 1. The van der Waals surface area contributed by atoms with E-state index in [2.05, 4.69) is 22.2 Å². The van der Waals surface area contributed by atoms with Crippen molar-refractivity contribution in [2.45, 2.75) is 45.3 Å². The van der Waals surface area contributed by atoms with Crippen LogP contribution in [-0.4, -0.2) is 43.8 Å². The number of rotatable bonds is 5. The van der Waals surface area contributed by atoms with E-state index in [1.807, 2.05) is 33.7 Å². The third-order valence-corrected chi connectivity index (χ3v) is 5.48. The molecule has 1 fully saturated rings. The van der Waals surface area contributed by atoms with Gasteiger partial charge in [0.2, 0.25) is 5.91 Å². The van der Waals surface area contributed by atoms with Crippen LogP contribution in [0.4, 0.5) is 0 Å². The van der Waals surface area contributed by atoms with Crippen molar-refractivity contribution in [2.75, 3.05) is 6.54 Å². The summed E-state index contributed by atoms with van der Waals surface area (Å²) in [7, 11) is 0. The molecule has 150 valence electrons. The minimum atomic E-state index is -0.215. The van der Waals surface area contributed by atoms with E-state index in [4.69, 9.17) is 0 Å². The lowest BCUT2D eigenvalue weighted by atomic mass is 10.0. The molecule has 1 saturated heterocycles. The number of aromatic nitrogens is 3. The van der Waals surface area contributed by atoms with Gasteiger partial charge in [0.15, 0.2) is 0 Å². The van der Waals surface area contributed by atoms with Crippen LogP contribution >= 0.6 is 0 Å². The van der Waals surface area contributed by atoms with Gasteiger partial charge < -0.3 is 14.8 Å². The van der Waals surface area contributed by atoms with Gasteiger partial charge in [-0.2, -0.15) is 0 Å². The van der Waals surface area contributed by atoms with Crippen LogP contribution in [0.2, 0.25) is 0 Å². The molecule has 0 radical (unpaired) electrons. The molecular formula is C22H25N5O2. The number of benzene rings is 1. The number of imidazole rings is 1. The number of likely N-dealkylation sites (tertiary alicyclic amines) is 1. The largest absolute Gasteiger partial charge is 0.345 e. The number of nitrogens with one attached hydrogen (secondary N) is 1. The highest BCUT2D eigenvalue weighted by Crippen LogP contribution is 2.20. The first kappa shape index (κ1) is 19.1. The van der Waals surface area contributed by atoms with Gasteiger partial charge in [-0.05, 0) is 50.5 Å². The van der Waals surface area contributed by atoms with Crippen LogP contribution in [-0.2, 0) is 17.9 Å². The molecule has 0 saturated carbocycles. The fourth-order valence-corrected chi connectivity index (χ4v) is 3.89. The predicted octanol–water partition coefficient (Wildman–Crippen LogP) is 2.76. The monoisotopic (exact) mass is 391 g/mol. The summed E-state index contributed by atoms with van der Waals surface area (Å²) < 4.78 is 1.92. The molecule has 1 atom stereocenters. The van der Waals surface area contributed by atoms with Crippen molar-refractivity contribution >= 4 is 22.8 Å². The zero-order chi connectivity index (χ0) is 20.2. The van der Waals surface area contributed by atoms with Gasteiger partial charge >= 0.3 is 0 Å². The second-order valence-corrected chi connectivity index (χ2v) is 7.46. The fourth-order valence-electron chi connectivity index (χ4n) is 3.89. The highest BCUT2D eigenvalue weighted by Gasteiger charge is 2.24. The Morgan fingerprint density at radius 2 is 2.03 bits per heavy atom. The molecule has 0 aliphatic carbocycles. The number of fused-ring (bicyclic) bond motifs is 1. The maximum atomic E-state index is 13.0. The fraction of sp³-hybridized carbons (Fsp3) is 0.364. The molecule has 1 aliphatic rings. The molecule has 2 amide bonds. The van der Waals surface area contributed by atoms with Gasteiger partial charge in [-0.25, -0.2) is 4.98 Å². The normalized spacial score (nSPS) is 16.7. The summed E-state index contributed by atoms with van der Waals surface area (Å²) in [5.74, 6) is 0.550. The molecule has 0 spiro atoms. The van der Waals surface area contributed by atoms with Crippen LogP contribution in [0, 0.1) is 0 Å². The topological polar surface area (TPSA) is 80.1 Å². The number of piperidine rings is 1. The maximum absolute atomic E-state index is 13.0. The molecule has 29 heavy (non-hydrogen) atoms. The van der Waals surface area contributed by atoms with Gasteiger partial charge in [0, 0.05) is 25.0 Å². The molecule has 7 heteroatoms. The molecule has 1 aliphatic heterocycles. The zero-order valence-corrected chi connectivity index (χ0v) is 16.5. The summed E-state index contributed by atoms with van der Waals surface area (Å²) in [6.07, 6.45) is 6.42. The van der Waals surface area contributed by atoms with Gasteiger partial charge in [0.1, 0.15) is 12.4 Å². The van der Waals surface area contributed by atoms with Crippen molar-refractivity contribution in [1.82, 2.24) is 24.8 Å². The quantitative estimate of drug-likeness (QED) is 0.725. The van der Waals surface area contributed by atoms with Crippen LogP contribution in [0.3, 0.4) is 0 Å². The molecular weight excluding hydrogens is 366 g/mol. The molecule has 0 bridgehead atoms. The zero-order valence-electron chi connectivity index (χ0n) is 16.5. The Balaban J connectivity index is 1.56. The molecule has 3 heterocycles. The maximum Gasteiger partial charge on any atom is 0.253 e. The molecule has 1 aromatic carbocycles. The van der Waals surface area contributed by atoms with Crippen LogP contribution < -0.4 is 5.32 Å². The standard InChI is InChI=1S/C22H25N5O2/c1-16-7-4-5-12-26(16)21(28)15-27-19-10-3-2-9-18(19)25-20(27)14-24-22(29)17-8-6-11-23-13-17/h2-3,6,8-11,13,16H,4-5,7,12,14-15H2,1H3,(H,24,29). The van der Waals surface area contributed by atoms with E-state index < -0.39 is 0 Å². The Morgan fingerprint density at radius 3 is 2.83 bits per heavy atom. The first-order chi connectivity index (χ1) is 14.1. The van der Waals surface area contributed by atoms with Gasteiger partial charge in [-0.15, -0.1) is 0 Å². The Kier molecular flexibility index (Phi) is 5.55. The molecule has 1 unspecified atom stereocenters. The summed E-state index contributed by atoms with van der Waals surface area (Å²) in [5, 5.41) is 2.89. The lowest BCUT2D eigenvalue weighted by Crippen LogP contribution is -2.43. The van der Waals surface area contributed by atoms with Crippen LogP contribution in [0.5, 0.6) is 0 Å². The Bertz CT molecular complexity index is 1010. The van der Waals surface area contributed by atoms with Crippen molar-refractivity contribution in [1.29, 1.82) is 0 Å². The number of nitrogens with zero attached hydrogens (tertiary/aromatic N) is 4. The SMILES string of the molecule is CC1CCCCN1C(=O)Cn1c(CNC(=O)c2cccnc2)nc2ccccc21. The lowest BCUT2D eigenvalue weighted by molar-refractivity contribution is -0.135. The number of hydrogen-bond acceptors (Lipinski definition) is 4. The molecule has 2 aromatic heterocycles. The van der Waals surface area contributed by atoms with Gasteiger partial charge in [0.25, 0.3) is 5.91 Å². The molecule has 4 rings (SSSR count). The number of carbonyl (C=O) groups is 2. The second-order valence-electron chi connectivity index (χ2n) is 7.46. The highest BCUT2D eigenvalue weighted by molar-refractivity contribution is 5.93. The Labute approximate surface area is 169 Å². The van der Waals surface area contributed by atoms with Gasteiger partial charge in [-0.1, -0.05) is 12.1 Å². The molecule has 7 nitrogen and oxygen atoms in total. The highest BCUT2D eigenvalue weighted by atomic mass is 16.2. The van der Waals surface area contributed by atoms with Crippen molar-refractivity contribution < 1.29 is 9.59 Å². The van der Waals surface area contributed by atoms with Crippen LogP contribution in [0.15, 0.2) is 48.8 Å². The number of amides is 2. The van der Waals surface area contributed by atoms with E-state index in [9.17, 15) is 9.59 Å². The minimum absolute atomic E-state index is 0.0974. The van der Waals surface area contributed by atoms with E-state index in [0.717, 1.165) is 30.4 Å². The summed E-state index contributed by atoms with van der Waals surface area (Å²) in [5.41, 5.74) is 2.21. The summed E-state index contributed by atoms with van der Waals surface area (Å²) in [6.45, 7) is 3.38. The van der Waals surface area contributed by atoms with Crippen molar-refractivity contribution in [3.63, 3.8) is 0 Å². The average Bonchev–Trinajstić information content (AvgIpc) is 3.10. The molecule has 3 aromatic rings. The van der Waals surface area contributed by atoms with Gasteiger partial charge in [-0.3, -0.25) is 14.6 Å². The Hall–Kier alpha value is -3.22. The van der Waals surface area contributed by atoms with Crippen molar-refractivity contribution in [2.24, 2.45) is 0 Å². The second kappa shape index (κ2) is 8.43. The smallest absolute Gasteiger partial charge is 0.253 e. The first-order valence-corrected chi connectivity index (χ1v) is 10.1. The predicted molar refractivity (Wildman–Crippen MR) is 110 cm³/mol. The minimum Gasteiger partial charge on any atom is -0.345 e.